The Labute approximate surface area is 117 Å². The molecular weight excluding hydrogens is 255 g/mol. The summed E-state index contributed by atoms with van der Waals surface area (Å²) in [5, 5.41) is 0. The van der Waals surface area contributed by atoms with Crippen molar-refractivity contribution in [3.8, 4) is 5.75 Å². The highest BCUT2D eigenvalue weighted by atomic mass is 19.1. The molecular formula is C17H15FO2. The topological polar surface area (TPSA) is 26.3 Å². The summed E-state index contributed by atoms with van der Waals surface area (Å²) in [5.74, 6) is -0.0915. The van der Waals surface area contributed by atoms with Gasteiger partial charge in [0.2, 0.25) is 0 Å². The second-order valence-corrected chi connectivity index (χ2v) is 5.11. The van der Waals surface area contributed by atoms with Crippen molar-refractivity contribution in [2.75, 3.05) is 6.61 Å². The molecule has 0 bridgehead atoms. The molecule has 0 aromatic heterocycles. The fourth-order valence-electron chi connectivity index (χ4n) is 2.54. The molecule has 0 heterocycles. The van der Waals surface area contributed by atoms with Gasteiger partial charge in [-0.2, -0.15) is 0 Å². The third-order valence-corrected chi connectivity index (χ3v) is 3.74. The largest absolute Gasteiger partial charge is 0.490 e. The number of carbonyl (C=O) groups excluding carboxylic acids is 1. The molecule has 0 spiro atoms. The molecule has 2 aromatic carbocycles. The van der Waals surface area contributed by atoms with Gasteiger partial charge in [-0.05, 0) is 42.7 Å². The van der Waals surface area contributed by atoms with Gasteiger partial charge < -0.3 is 4.74 Å². The Hall–Kier alpha value is -2.16. The van der Waals surface area contributed by atoms with Gasteiger partial charge in [0.1, 0.15) is 0 Å². The number of rotatable bonds is 4. The monoisotopic (exact) mass is 270 g/mol. The zero-order valence-corrected chi connectivity index (χ0v) is 11.2. The summed E-state index contributed by atoms with van der Waals surface area (Å²) in [6.07, 6.45) is 0.976. The van der Waals surface area contributed by atoms with Crippen molar-refractivity contribution < 1.29 is 13.9 Å². The predicted molar refractivity (Wildman–Crippen MR) is 74.8 cm³/mol. The first-order chi connectivity index (χ1) is 9.65. The van der Waals surface area contributed by atoms with Gasteiger partial charge in [-0.1, -0.05) is 24.3 Å². The molecule has 102 valence electrons. The molecule has 1 atom stereocenters. The molecule has 3 rings (SSSR count). The maximum atomic E-state index is 13.8. The van der Waals surface area contributed by atoms with Crippen molar-refractivity contribution in [3.05, 3.63) is 65.0 Å². The standard InChI is InChI=1S/C17H15FO2/c1-11(19)12-6-7-17(16(18)9-12)20-10-14-8-13-4-2-3-5-15(13)14/h2-7,9,14H,8,10H2,1H3. The molecule has 20 heavy (non-hydrogen) atoms. The van der Waals surface area contributed by atoms with Crippen LogP contribution >= 0.6 is 0 Å². The molecule has 0 radical (unpaired) electrons. The van der Waals surface area contributed by atoms with Crippen LogP contribution in [0.1, 0.15) is 34.3 Å². The van der Waals surface area contributed by atoms with Crippen molar-refractivity contribution in [2.24, 2.45) is 0 Å². The van der Waals surface area contributed by atoms with Crippen LogP contribution in [-0.2, 0) is 6.42 Å². The average Bonchev–Trinajstić information content (AvgIpc) is 2.41. The fourth-order valence-corrected chi connectivity index (χ4v) is 2.54. The molecule has 2 nitrogen and oxygen atoms in total. The SMILES string of the molecule is CC(=O)c1ccc(OCC2Cc3ccccc32)c(F)c1. The second-order valence-electron chi connectivity index (χ2n) is 5.11. The number of benzene rings is 2. The molecule has 0 saturated carbocycles. The maximum Gasteiger partial charge on any atom is 0.165 e. The molecule has 0 saturated heterocycles. The lowest BCUT2D eigenvalue weighted by Crippen LogP contribution is -2.23. The molecule has 1 unspecified atom stereocenters. The quantitative estimate of drug-likeness (QED) is 0.791. The highest BCUT2D eigenvalue weighted by Gasteiger charge is 2.26. The Bertz CT molecular complexity index is 664. The summed E-state index contributed by atoms with van der Waals surface area (Å²) in [6.45, 7) is 1.88. The van der Waals surface area contributed by atoms with Crippen LogP contribution in [0.5, 0.6) is 5.75 Å². The minimum atomic E-state index is -0.481. The zero-order chi connectivity index (χ0) is 14.1. The number of halogens is 1. The lowest BCUT2D eigenvalue weighted by Gasteiger charge is -2.29. The maximum absolute atomic E-state index is 13.8. The summed E-state index contributed by atoms with van der Waals surface area (Å²) in [7, 11) is 0. The summed E-state index contributed by atoms with van der Waals surface area (Å²) in [5.41, 5.74) is 2.99. The van der Waals surface area contributed by atoms with E-state index in [1.54, 1.807) is 6.07 Å². The summed E-state index contributed by atoms with van der Waals surface area (Å²) in [6, 6.07) is 12.6. The van der Waals surface area contributed by atoms with Crippen molar-refractivity contribution in [3.63, 3.8) is 0 Å². The van der Waals surface area contributed by atoms with E-state index in [-0.39, 0.29) is 11.5 Å². The Balaban J connectivity index is 1.67. The molecule has 1 aliphatic carbocycles. The Kier molecular flexibility index (Phi) is 3.26. The van der Waals surface area contributed by atoms with Crippen LogP contribution < -0.4 is 4.74 Å². The molecule has 3 heteroatoms. The van der Waals surface area contributed by atoms with Gasteiger partial charge in [0.05, 0.1) is 6.61 Å². The smallest absolute Gasteiger partial charge is 0.165 e. The third-order valence-electron chi connectivity index (χ3n) is 3.74. The number of fused-ring (bicyclic) bond motifs is 1. The third kappa shape index (κ3) is 2.31. The average molecular weight is 270 g/mol. The molecule has 1 aliphatic rings. The van der Waals surface area contributed by atoms with Gasteiger partial charge in [0, 0.05) is 11.5 Å². The van der Waals surface area contributed by atoms with Gasteiger partial charge in [-0.15, -0.1) is 0 Å². The highest BCUT2D eigenvalue weighted by molar-refractivity contribution is 5.94. The lowest BCUT2D eigenvalue weighted by atomic mass is 9.78. The Morgan fingerprint density at radius 1 is 1.30 bits per heavy atom. The summed E-state index contributed by atoms with van der Waals surface area (Å²) >= 11 is 0. The van der Waals surface area contributed by atoms with Crippen molar-refractivity contribution in [1.29, 1.82) is 0 Å². The number of hydrogen-bond donors (Lipinski definition) is 0. The Morgan fingerprint density at radius 2 is 2.10 bits per heavy atom. The number of ether oxygens (including phenoxy) is 1. The normalized spacial score (nSPS) is 16.2. The number of Topliss-reactive ketones (excluding diaryl/α,β-unsaturated/α-hetero) is 1. The number of carbonyl (C=O) groups is 1. The first kappa shape index (κ1) is 12.9. The van der Waals surface area contributed by atoms with E-state index in [1.165, 1.54) is 30.2 Å². The van der Waals surface area contributed by atoms with E-state index in [9.17, 15) is 9.18 Å². The molecule has 0 amide bonds. The van der Waals surface area contributed by atoms with Crippen LogP contribution in [0.2, 0.25) is 0 Å². The predicted octanol–water partition coefficient (Wildman–Crippen LogP) is 3.75. The Morgan fingerprint density at radius 3 is 2.80 bits per heavy atom. The fraction of sp³-hybridized carbons (Fsp3) is 0.235. The van der Waals surface area contributed by atoms with E-state index in [0.717, 1.165) is 6.42 Å². The van der Waals surface area contributed by atoms with E-state index < -0.39 is 5.82 Å². The van der Waals surface area contributed by atoms with Gasteiger partial charge >= 0.3 is 0 Å². The first-order valence-corrected chi connectivity index (χ1v) is 6.66. The van der Waals surface area contributed by atoms with Crippen molar-refractivity contribution in [1.82, 2.24) is 0 Å². The van der Waals surface area contributed by atoms with Gasteiger partial charge in [0.15, 0.2) is 17.3 Å². The second kappa shape index (κ2) is 5.08. The van der Waals surface area contributed by atoms with Gasteiger partial charge in [0.25, 0.3) is 0 Å². The molecule has 2 aromatic rings. The summed E-state index contributed by atoms with van der Waals surface area (Å²) < 4.78 is 19.3. The van der Waals surface area contributed by atoms with E-state index >= 15 is 0 Å². The van der Waals surface area contributed by atoms with Crippen LogP contribution in [0, 0.1) is 5.82 Å². The van der Waals surface area contributed by atoms with Gasteiger partial charge in [-0.25, -0.2) is 4.39 Å². The van der Waals surface area contributed by atoms with Crippen molar-refractivity contribution >= 4 is 5.78 Å². The summed E-state index contributed by atoms with van der Waals surface area (Å²) in [4.78, 5) is 11.2. The van der Waals surface area contributed by atoms with Crippen LogP contribution in [0.4, 0.5) is 4.39 Å². The highest BCUT2D eigenvalue weighted by Crippen LogP contribution is 2.35. The number of ketones is 1. The van der Waals surface area contributed by atoms with Crippen LogP contribution in [0.3, 0.4) is 0 Å². The van der Waals surface area contributed by atoms with Crippen molar-refractivity contribution in [2.45, 2.75) is 19.3 Å². The van der Waals surface area contributed by atoms with E-state index in [4.69, 9.17) is 4.74 Å². The van der Waals surface area contributed by atoms with E-state index in [2.05, 4.69) is 12.1 Å². The number of hydrogen-bond acceptors (Lipinski definition) is 2. The van der Waals surface area contributed by atoms with Gasteiger partial charge in [-0.3, -0.25) is 4.79 Å². The zero-order valence-electron chi connectivity index (χ0n) is 11.2. The van der Waals surface area contributed by atoms with Crippen LogP contribution in [-0.4, -0.2) is 12.4 Å². The van der Waals surface area contributed by atoms with Crippen LogP contribution in [0.15, 0.2) is 42.5 Å². The molecule has 0 fully saturated rings. The van der Waals surface area contributed by atoms with Crippen LogP contribution in [0.25, 0.3) is 0 Å². The minimum absolute atomic E-state index is 0.150. The first-order valence-electron chi connectivity index (χ1n) is 6.66. The minimum Gasteiger partial charge on any atom is -0.490 e. The molecule has 0 N–H and O–H groups in total. The lowest BCUT2D eigenvalue weighted by molar-refractivity contribution is 0.101. The van der Waals surface area contributed by atoms with E-state index in [0.29, 0.717) is 18.1 Å². The molecule has 0 aliphatic heterocycles. The van der Waals surface area contributed by atoms with E-state index in [1.807, 2.05) is 12.1 Å².